The highest BCUT2D eigenvalue weighted by Gasteiger charge is 2.16. The number of hydrogen-bond acceptors (Lipinski definition) is 5. The van der Waals surface area contributed by atoms with Gasteiger partial charge in [-0.25, -0.2) is 9.78 Å². The minimum atomic E-state index is -0.642. The number of rotatable bonds is 6. The van der Waals surface area contributed by atoms with Crippen LogP contribution in [0.15, 0.2) is 40.2 Å². The van der Waals surface area contributed by atoms with Crippen LogP contribution in [-0.2, 0) is 27.1 Å². The fraction of sp³-hybridized carbons (Fsp3) is 0.389. The first-order valence-corrected chi connectivity index (χ1v) is 8.34. The Morgan fingerprint density at radius 3 is 2.50 bits per heavy atom. The predicted molar refractivity (Wildman–Crippen MR) is 97.5 cm³/mol. The lowest BCUT2D eigenvalue weighted by Gasteiger charge is -2.12. The van der Waals surface area contributed by atoms with Gasteiger partial charge in [-0.15, -0.1) is 0 Å². The summed E-state index contributed by atoms with van der Waals surface area (Å²) in [4.78, 5) is 28.5. The van der Waals surface area contributed by atoms with Crippen LogP contribution >= 0.6 is 0 Å². The zero-order chi connectivity index (χ0) is 18.8. The number of methoxy groups -OCH3 is 1. The maximum atomic E-state index is 12.4. The Kier molecular flexibility index (Phi) is 4.94. The normalized spacial score (nSPS) is 12.5. The molecule has 0 spiro atoms. The molecule has 8 heteroatoms. The number of fused-ring (bicyclic) bond motifs is 1. The van der Waals surface area contributed by atoms with Crippen molar-refractivity contribution in [1.29, 1.82) is 0 Å². The number of aliphatic hydroxyl groups is 1. The van der Waals surface area contributed by atoms with Crippen LogP contribution in [0.3, 0.4) is 0 Å². The maximum absolute atomic E-state index is 12.4. The lowest BCUT2D eigenvalue weighted by molar-refractivity contribution is 0.146. The predicted octanol–water partition coefficient (Wildman–Crippen LogP) is 0.436. The van der Waals surface area contributed by atoms with E-state index in [0.717, 1.165) is 15.9 Å². The summed E-state index contributed by atoms with van der Waals surface area (Å²) >= 11 is 0. The first-order valence-electron chi connectivity index (χ1n) is 8.34. The Hall–Kier alpha value is -2.87. The summed E-state index contributed by atoms with van der Waals surface area (Å²) in [7, 11) is 4.62. The number of nitrogens with zero attached hydrogens (tertiary/aromatic N) is 4. The second-order valence-corrected chi connectivity index (χ2v) is 6.32. The minimum absolute atomic E-state index is 0.236. The van der Waals surface area contributed by atoms with Crippen molar-refractivity contribution in [3.8, 4) is 5.75 Å². The Labute approximate surface area is 149 Å². The molecule has 2 heterocycles. The summed E-state index contributed by atoms with van der Waals surface area (Å²) in [5.74, 6) is 0.792. The van der Waals surface area contributed by atoms with Crippen LogP contribution in [0.2, 0.25) is 0 Å². The highest BCUT2D eigenvalue weighted by molar-refractivity contribution is 5.69. The van der Waals surface area contributed by atoms with Crippen LogP contribution in [0.1, 0.15) is 12.0 Å². The zero-order valence-corrected chi connectivity index (χ0v) is 15.0. The average Bonchev–Trinajstić information content (AvgIpc) is 3.07. The highest BCUT2D eigenvalue weighted by atomic mass is 16.5. The van der Waals surface area contributed by atoms with E-state index < -0.39 is 17.4 Å². The van der Waals surface area contributed by atoms with Gasteiger partial charge in [0.25, 0.3) is 5.56 Å². The van der Waals surface area contributed by atoms with Gasteiger partial charge in [0.2, 0.25) is 0 Å². The molecule has 26 heavy (non-hydrogen) atoms. The van der Waals surface area contributed by atoms with Crippen LogP contribution in [-0.4, -0.2) is 37.0 Å². The number of hydrogen-bond donors (Lipinski definition) is 1. The van der Waals surface area contributed by atoms with E-state index in [9.17, 15) is 14.7 Å². The Balaban J connectivity index is 1.76. The molecule has 1 atom stereocenters. The molecule has 0 aliphatic carbocycles. The summed E-state index contributed by atoms with van der Waals surface area (Å²) in [5, 5.41) is 10.4. The van der Waals surface area contributed by atoms with Gasteiger partial charge in [-0.2, -0.15) is 0 Å². The summed E-state index contributed by atoms with van der Waals surface area (Å²) in [6.07, 6.45) is 2.09. The molecule has 1 N–H and O–H groups in total. The second kappa shape index (κ2) is 7.17. The molecule has 2 aromatic heterocycles. The van der Waals surface area contributed by atoms with Gasteiger partial charge in [0.1, 0.15) is 5.75 Å². The summed E-state index contributed by atoms with van der Waals surface area (Å²) in [6.45, 7) is 0.236. The molecule has 8 nitrogen and oxygen atoms in total. The molecule has 0 bridgehead atoms. The van der Waals surface area contributed by atoms with E-state index >= 15 is 0 Å². The van der Waals surface area contributed by atoms with Crippen molar-refractivity contribution in [3.05, 3.63) is 57.0 Å². The van der Waals surface area contributed by atoms with E-state index in [1.807, 2.05) is 24.3 Å². The first-order chi connectivity index (χ1) is 12.4. The lowest BCUT2D eigenvalue weighted by atomic mass is 10.1. The number of aliphatic hydroxyl groups excluding tert-OH is 1. The topological polar surface area (TPSA) is 91.3 Å². The fourth-order valence-corrected chi connectivity index (χ4v) is 2.98. The van der Waals surface area contributed by atoms with Gasteiger partial charge < -0.3 is 14.4 Å². The first kappa shape index (κ1) is 17.9. The van der Waals surface area contributed by atoms with Gasteiger partial charge in [-0.05, 0) is 30.5 Å². The smallest absolute Gasteiger partial charge is 0.332 e. The van der Waals surface area contributed by atoms with Crippen LogP contribution in [0.25, 0.3) is 11.2 Å². The van der Waals surface area contributed by atoms with E-state index in [-0.39, 0.29) is 6.54 Å². The molecule has 0 fully saturated rings. The Bertz CT molecular complexity index is 1030. The van der Waals surface area contributed by atoms with Gasteiger partial charge in [-0.3, -0.25) is 13.9 Å². The second-order valence-electron chi connectivity index (χ2n) is 6.32. The third-order valence-electron chi connectivity index (χ3n) is 4.55. The molecular weight excluding hydrogens is 336 g/mol. The van der Waals surface area contributed by atoms with Crippen molar-refractivity contribution < 1.29 is 9.84 Å². The zero-order valence-electron chi connectivity index (χ0n) is 15.0. The lowest BCUT2D eigenvalue weighted by Crippen LogP contribution is -2.37. The van der Waals surface area contributed by atoms with Gasteiger partial charge in [-0.1, -0.05) is 12.1 Å². The fourth-order valence-electron chi connectivity index (χ4n) is 2.98. The molecule has 138 valence electrons. The quantitative estimate of drug-likeness (QED) is 0.690. The molecule has 3 rings (SSSR count). The number of ether oxygens (including phenoxy) is 1. The van der Waals surface area contributed by atoms with Crippen molar-refractivity contribution >= 4 is 11.2 Å². The van der Waals surface area contributed by atoms with E-state index in [1.165, 1.54) is 17.9 Å². The average molecular weight is 358 g/mol. The van der Waals surface area contributed by atoms with Crippen molar-refractivity contribution in [2.75, 3.05) is 7.11 Å². The summed E-state index contributed by atoms with van der Waals surface area (Å²) in [6, 6.07) is 7.69. The van der Waals surface area contributed by atoms with Gasteiger partial charge in [0, 0.05) is 14.1 Å². The Morgan fingerprint density at radius 1 is 1.15 bits per heavy atom. The van der Waals surface area contributed by atoms with Crippen LogP contribution in [0.5, 0.6) is 5.75 Å². The number of imidazole rings is 1. The molecule has 0 saturated carbocycles. The molecule has 0 aliphatic rings. The van der Waals surface area contributed by atoms with Crippen molar-refractivity contribution in [3.63, 3.8) is 0 Å². The van der Waals surface area contributed by atoms with E-state index in [2.05, 4.69) is 4.98 Å². The van der Waals surface area contributed by atoms with Gasteiger partial charge in [0.15, 0.2) is 11.2 Å². The Morgan fingerprint density at radius 2 is 1.85 bits per heavy atom. The van der Waals surface area contributed by atoms with Crippen LogP contribution in [0.4, 0.5) is 0 Å². The largest absolute Gasteiger partial charge is 0.497 e. The molecule has 0 radical (unpaired) electrons. The minimum Gasteiger partial charge on any atom is -0.497 e. The third kappa shape index (κ3) is 3.28. The molecule has 0 saturated heterocycles. The standard InChI is InChI=1S/C18H22N4O4/c1-20-16-15(17(24)21(2)18(20)25)22(11-19-16)10-13(23)7-4-12-5-8-14(26-3)9-6-12/h5-6,8-9,11,13,23H,4,7,10H2,1-3H3. The number of aryl methyl sites for hydroxylation is 2. The molecule has 0 aliphatic heterocycles. The van der Waals surface area contributed by atoms with Crippen molar-refractivity contribution in [1.82, 2.24) is 18.7 Å². The monoisotopic (exact) mass is 358 g/mol. The van der Waals surface area contributed by atoms with E-state index in [0.29, 0.717) is 24.0 Å². The third-order valence-corrected chi connectivity index (χ3v) is 4.55. The summed E-state index contributed by atoms with van der Waals surface area (Å²) < 4.78 is 9.11. The summed E-state index contributed by atoms with van der Waals surface area (Å²) in [5.41, 5.74) is 0.896. The van der Waals surface area contributed by atoms with Gasteiger partial charge in [0.05, 0.1) is 26.1 Å². The number of aromatic nitrogens is 4. The molecule has 1 aromatic carbocycles. The van der Waals surface area contributed by atoms with E-state index in [1.54, 1.807) is 18.7 Å². The molecule has 1 unspecified atom stereocenters. The van der Waals surface area contributed by atoms with Crippen LogP contribution in [0, 0.1) is 0 Å². The molecule has 0 amide bonds. The van der Waals surface area contributed by atoms with Crippen molar-refractivity contribution in [2.24, 2.45) is 14.1 Å². The van der Waals surface area contributed by atoms with Crippen LogP contribution < -0.4 is 16.0 Å². The maximum Gasteiger partial charge on any atom is 0.332 e. The molecule has 3 aromatic rings. The SMILES string of the molecule is COc1ccc(CCC(O)Cn2cnc3c2c(=O)n(C)c(=O)n3C)cc1. The highest BCUT2D eigenvalue weighted by Crippen LogP contribution is 2.14. The van der Waals surface area contributed by atoms with Crippen molar-refractivity contribution in [2.45, 2.75) is 25.5 Å². The number of benzene rings is 1. The van der Waals surface area contributed by atoms with Gasteiger partial charge >= 0.3 is 5.69 Å². The van der Waals surface area contributed by atoms with E-state index in [4.69, 9.17) is 4.74 Å². The molecular formula is C18H22N4O4.